The number of Topliss-reactive ketones (excluding diaryl/α,β-unsaturated/α-hetero) is 1. The Bertz CT molecular complexity index is 1750. The molecule has 0 radical (unpaired) electrons. The molecule has 0 saturated heterocycles. The maximum Gasteiger partial charge on any atom is 0.268 e. The number of nitrogens with zero attached hydrogens (tertiary/aromatic N) is 4. The standard InChI is InChI=1S/C29H25F2N5O3/c1-29(2,3)25-14-20(36(35-25)19-6-4-5-18(30)12-19)13-21(37)11-17-7-8-22(15-23(17)31)39-24-9-10-32-28-27(24)33-16-26(38)34-28/h4-10,12,14-16H,11,13H2,1-3H3,(H,32,34,38). The van der Waals surface area contributed by atoms with Gasteiger partial charge in [0.1, 0.15) is 28.7 Å². The van der Waals surface area contributed by atoms with E-state index >= 15 is 4.39 Å². The predicted octanol–water partition coefficient (Wildman–Crippen LogP) is 5.23. The highest BCUT2D eigenvalue weighted by atomic mass is 19.1. The normalized spacial score (nSPS) is 11.6. The fourth-order valence-corrected chi connectivity index (χ4v) is 4.09. The van der Waals surface area contributed by atoms with Crippen molar-refractivity contribution in [3.63, 3.8) is 0 Å². The molecule has 0 saturated carbocycles. The van der Waals surface area contributed by atoms with Crippen molar-refractivity contribution >= 4 is 16.9 Å². The SMILES string of the molecule is CC(C)(C)c1cc(CC(=O)Cc2ccc(Oc3ccnc4[nH]c(=O)cnc34)cc2F)n(-c2cccc(F)c2)n1. The molecule has 0 spiro atoms. The number of nitrogens with one attached hydrogen (secondary N) is 1. The van der Waals surface area contributed by atoms with E-state index in [9.17, 15) is 14.0 Å². The summed E-state index contributed by atoms with van der Waals surface area (Å²) in [5.74, 6) is -0.753. The minimum absolute atomic E-state index is 0.00976. The molecule has 5 rings (SSSR count). The first-order chi connectivity index (χ1) is 18.6. The zero-order valence-electron chi connectivity index (χ0n) is 21.5. The molecule has 1 N–H and O–H groups in total. The second kappa shape index (κ2) is 10.2. The molecule has 0 aliphatic heterocycles. The van der Waals surface area contributed by atoms with Gasteiger partial charge < -0.3 is 9.72 Å². The number of hydrogen-bond donors (Lipinski definition) is 1. The maximum absolute atomic E-state index is 15.0. The molecule has 198 valence electrons. The molecule has 8 nitrogen and oxygen atoms in total. The number of carbonyl (C=O) groups excluding carboxylic acids is 1. The number of fused-ring (bicyclic) bond motifs is 1. The van der Waals surface area contributed by atoms with Gasteiger partial charge in [-0.15, -0.1) is 0 Å². The molecule has 3 heterocycles. The van der Waals surface area contributed by atoms with E-state index in [-0.39, 0.29) is 41.0 Å². The Morgan fingerprint density at radius 3 is 2.59 bits per heavy atom. The maximum atomic E-state index is 15.0. The molecule has 3 aromatic heterocycles. The van der Waals surface area contributed by atoms with Crippen LogP contribution in [0.5, 0.6) is 11.5 Å². The summed E-state index contributed by atoms with van der Waals surface area (Å²) in [6, 6.07) is 13.6. The van der Waals surface area contributed by atoms with Crippen LogP contribution in [-0.4, -0.2) is 30.5 Å². The van der Waals surface area contributed by atoms with Gasteiger partial charge in [-0.1, -0.05) is 32.9 Å². The van der Waals surface area contributed by atoms with Crippen molar-refractivity contribution in [2.75, 3.05) is 0 Å². The first-order valence-electron chi connectivity index (χ1n) is 12.2. The number of H-pyrrole nitrogens is 1. The molecule has 0 atom stereocenters. The fraction of sp³-hybridized carbons (Fsp3) is 0.207. The molecular weight excluding hydrogens is 504 g/mol. The monoisotopic (exact) mass is 529 g/mol. The Balaban J connectivity index is 1.35. The van der Waals surface area contributed by atoms with E-state index in [4.69, 9.17) is 4.74 Å². The van der Waals surface area contributed by atoms with Crippen LogP contribution in [0.4, 0.5) is 8.78 Å². The molecule has 2 aromatic carbocycles. The van der Waals surface area contributed by atoms with Crippen molar-refractivity contribution in [2.45, 2.75) is 39.0 Å². The third kappa shape index (κ3) is 5.74. The van der Waals surface area contributed by atoms with Gasteiger partial charge in [0.25, 0.3) is 5.56 Å². The van der Waals surface area contributed by atoms with Gasteiger partial charge in [-0.3, -0.25) is 9.59 Å². The predicted molar refractivity (Wildman–Crippen MR) is 141 cm³/mol. The Morgan fingerprint density at radius 2 is 1.85 bits per heavy atom. The van der Waals surface area contributed by atoms with Crippen molar-refractivity contribution in [1.82, 2.24) is 24.7 Å². The van der Waals surface area contributed by atoms with Crippen LogP contribution in [0.15, 0.2) is 71.8 Å². The van der Waals surface area contributed by atoms with Crippen molar-refractivity contribution in [2.24, 2.45) is 0 Å². The van der Waals surface area contributed by atoms with Crippen LogP contribution >= 0.6 is 0 Å². The van der Waals surface area contributed by atoms with Gasteiger partial charge in [0, 0.05) is 36.6 Å². The molecule has 0 aliphatic rings. The van der Waals surface area contributed by atoms with Crippen LogP contribution in [0, 0.1) is 11.6 Å². The smallest absolute Gasteiger partial charge is 0.268 e. The zero-order chi connectivity index (χ0) is 27.7. The topological polar surface area (TPSA) is 103 Å². The van der Waals surface area contributed by atoms with Crippen molar-refractivity contribution in [3.8, 4) is 17.2 Å². The molecule has 10 heteroatoms. The molecule has 0 amide bonds. The number of halogens is 2. The minimum atomic E-state index is -0.602. The number of hydrogen-bond acceptors (Lipinski definition) is 6. The van der Waals surface area contributed by atoms with Crippen LogP contribution in [0.1, 0.15) is 37.7 Å². The molecular formula is C29H25F2N5O3. The second-order valence-electron chi connectivity index (χ2n) is 10.2. The van der Waals surface area contributed by atoms with E-state index in [2.05, 4.69) is 20.1 Å². The third-order valence-electron chi connectivity index (χ3n) is 6.06. The van der Waals surface area contributed by atoms with E-state index in [1.165, 1.54) is 30.5 Å². The summed E-state index contributed by atoms with van der Waals surface area (Å²) in [5.41, 5.74) is 1.93. The van der Waals surface area contributed by atoms with Gasteiger partial charge in [-0.05, 0) is 35.9 Å². The lowest BCUT2D eigenvalue weighted by molar-refractivity contribution is -0.117. The number of aromatic nitrogens is 5. The van der Waals surface area contributed by atoms with Gasteiger partial charge in [-0.2, -0.15) is 5.10 Å². The third-order valence-corrected chi connectivity index (χ3v) is 6.06. The summed E-state index contributed by atoms with van der Waals surface area (Å²) < 4.78 is 36.3. The van der Waals surface area contributed by atoms with E-state index in [1.807, 2.05) is 26.8 Å². The highest BCUT2D eigenvalue weighted by Gasteiger charge is 2.22. The van der Waals surface area contributed by atoms with Gasteiger partial charge in [0.05, 0.1) is 23.3 Å². The van der Waals surface area contributed by atoms with Crippen molar-refractivity contribution in [1.29, 1.82) is 0 Å². The largest absolute Gasteiger partial charge is 0.455 e. The fourth-order valence-electron chi connectivity index (χ4n) is 4.09. The van der Waals surface area contributed by atoms with E-state index in [1.54, 1.807) is 28.9 Å². The first kappa shape index (κ1) is 25.9. The number of rotatable bonds is 7. The summed E-state index contributed by atoms with van der Waals surface area (Å²) in [4.78, 5) is 35.2. The van der Waals surface area contributed by atoms with Crippen molar-refractivity contribution < 1.29 is 18.3 Å². The lowest BCUT2D eigenvalue weighted by atomic mass is 9.92. The summed E-state index contributed by atoms with van der Waals surface area (Å²) in [6.45, 7) is 6.00. The quantitative estimate of drug-likeness (QED) is 0.310. The van der Waals surface area contributed by atoms with Crippen LogP contribution in [0.2, 0.25) is 0 Å². The van der Waals surface area contributed by atoms with E-state index in [0.717, 1.165) is 11.9 Å². The number of benzene rings is 2. The Morgan fingerprint density at radius 1 is 1.03 bits per heavy atom. The summed E-state index contributed by atoms with van der Waals surface area (Å²) in [6.07, 6.45) is 2.39. The average molecular weight is 530 g/mol. The van der Waals surface area contributed by atoms with Crippen LogP contribution < -0.4 is 10.3 Å². The number of ether oxygens (including phenoxy) is 1. The number of carbonyl (C=O) groups is 1. The molecule has 0 unspecified atom stereocenters. The van der Waals surface area contributed by atoms with Crippen LogP contribution in [0.25, 0.3) is 16.9 Å². The summed E-state index contributed by atoms with van der Waals surface area (Å²) in [5, 5.41) is 4.63. The highest BCUT2D eigenvalue weighted by molar-refractivity contribution is 5.83. The van der Waals surface area contributed by atoms with Gasteiger partial charge in [0.15, 0.2) is 11.4 Å². The molecule has 0 fully saturated rings. The Labute approximate surface area is 222 Å². The lowest BCUT2D eigenvalue weighted by Gasteiger charge is -2.14. The van der Waals surface area contributed by atoms with Crippen molar-refractivity contribution in [3.05, 3.63) is 106 Å². The lowest BCUT2D eigenvalue weighted by Crippen LogP contribution is -2.13. The van der Waals surface area contributed by atoms with Gasteiger partial charge in [0.2, 0.25) is 0 Å². The molecule has 5 aromatic rings. The molecule has 39 heavy (non-hydrogen) atoms. The number of pyridine rings is 1. The highest BCUT2D eigenvalue weighted by Crippen LogP contribution is 2.28. The van der Waals surface area contributed by atoms with E-state index in [0.29, 0.717) is 22.6 Å². The van der Waals surface area contributed by atoms with E-state index < -0.39 is 17.2 Å². The second-order valence-corrected chi connectivity index (χ2v) is 10.2. The Kier molecular flexibility index (Phi) is 6.78. The molecule has 0 bridgehead atoms. The minimum Gasteiger partial charge on any atom is -0.455 e. The Hall–Kier alpha value is -4.73. The zero-order valence-corrected chi connectivity index (χ0v) is 21.5. The summed E-state index contributed by atoms with van der Waals surface area (Å²) >= 11 is 0. The summed E-state index contributed by atoms with van der Waals surface area (Å²) in [7, 11) is 0. The van der Waals surface area contributed by atoms with Crippen LogP contribution in [0.3, 0.4) is 0 Å². The first-order valence-corrected chi connectivity index (χ1v) is 12.2. The van der Waals surface area contributed by atoms with Gasteiger partial charge >= 0.3 is 0 Å². The number of ketones is 1. The average Bonchev–Trinajstić information content (AvgIpc) is 3.30. The van der Waals surface area contributed by atoms with Crippen LogP contribution in [-0.2, 0) is 23.1 Å². The molecule has 0 aliphatic carbocycles. The number of aromatic amines is 1. The van der Waals surface area contributed by atoms with Gasteiger partial charge in [-0.25, -0.2) is 23.4 Å².